The van der Waals surface area contributed by atoms with Crippen LogP contribution in [0.1, 0.15) is 165 Å². The van der Waals surface area contributed by atoms with Crippen LogP contribution in [0.5, 0.6) is 0 Å². The maximum Gasteiger partial charge on any atom is 0.347 e. The second-order valence-electron chi connectivity index (χ2n) is 14.7. The van der Waals surface area contributed by atoms with E-state index in [0.29, 0.717) is 6.42 Å². The Bertz CT molecular complexity index is 1380. The second kappa shape index (κ2) is 31.2. The molecule has 18 heteroatoms. The van der Waals surface area contributed by atoms with Gasteiger partial charge in [0.15, 0.2) is 48.8 Å². The zero-order chi connectivity index (χ0) is 45.8. The number of hydrogen-bond acceptors (Lipinski definition) is 17. The van der Waals surface area contributed by atoms with Crippen LogP contribution in [0.4, 0.5) is 0 Å². The highest BCUT2D eigenvalue weighted by atomic mass is 16.7. The third-order valence-corrected chi connectivity index (χ3v) is 9.01. The van der Waals surface area contributed by atoms with Crippen molar-refractivity contribution >= 4 is 53.7 Å². The van der Waals surface area contributed by atoms with Gasteiger partial charge in [-0.3, -0.25) is 4.79 Å². The molecular formula is C42H68O18. The van der Waals surface area contributed by atoms with Gasteiger partial charge in [0.2, 0.25) is 0 Å². The summed E-state index contributed by atoms with van der Waals surface area (Å²) < 4.78 is 39.4. The molecule has 0 fully saturated rings. The monoisotopic (exact) mass is 860 g/mol. The first-order valence-electron chi connectivity index (χ1n) is 21.1. The molecule has 0 spiro atoms. The topological polar surface area (TPSA) is 248 Å². The van der Waals surface area contributed by atoms with E-state index in [0.717, 1.165) is 60.8 Å². The quantitative estimate of drug-likeness (QED) is 0.0478. The number of hydrogen-bond donors (Lipinski definition) is 1. The summed E-state index contributed by atoms with van der Waals surface area (Å²) in [7, 11) is 0. The van der Waals surface area contributed by atoms with Crippen molar-refractivity contribution in [1.82, 2.24) is 0 Å². The van der Waals surface area contributed by atoms with Crippen molar-refractivity contribution in [2.75, 3.05) is 0 Å². The molecule has 0 aliphatic carbocycles. The lowest BCUT2D eigenvalue weighted by atomic mass is 10.0. The van der Waals surface area contributed by atoms with Gasteiger partial charge in [0.1, 0.15) is 0 Å². The Morgan fingerprint density at radius 1 is 0.317 bits per heavy atom. The summed E-state index contributed by atoms with van der Waals surface area (Å²) in [6.07, 6.45) is 5.72. The molecule has 0 saturated heterocycles. The van der Waals surface area contributed by atoms with E-state index in [1.165, 1.54) is 84.5 Å². The Morgan fingerprint density at radius 3 is 0.750 bits per heavy atom. The van der Waals surface area contributed by atoms with Gasteiger partial charge in [-0.05, 0) is 61.8 Å². The standard InChI is InChI=1S/C42H68O18/c1-10-11-12-13-14-15-16-17-18-19-20-21-22-23-24-25-34(43)53-27(3)36(46)55-29(5)38(48)57-31(7)40(50)59-33(9)42(52)60-32(8)41(51)58-30(6)39(49)56-28(4)37(47)54-26(2)35(44)45/h26-33H,10-25H2,1-9H3,(H,44,45)/t26-,27-,28-,29-,30-,31-,32-,33-/m0/s1. The smallest absolute Gasteiger partial charge is 0.347 e. The van der Waals surface area contributed by atoms with E-state index >= 15 is 0 Å². The minimum atomic E-state index is -1.62. The Kier molecular flexibility index (Phi) is 28.7. The third kappa shape index (κ3) is 25.0. The van der Waals surface area contributed by atoms with Gasteiger partial charge in [0.05, 0.1) is 0 Å². The molecule has 344 valence electrons. The molecule has 0 radical (unpaired) electrons. The van der Waals surface area contributed by atoms with E-state index in [4.69, 9.17) is 38.3 Å². The molecule has 60 heavy (non-hydrogen) atoms. The molecule has 0 aromatic rings. The van der Waals surface area contributed by atoms with Gasteiger partial charge < -0.3 is 43.0 Å². The largest absolute Gasteiger partial charge is 0.479 e. The van der Waals surface area contributed by atoms with Gasteiger partial charge in [-0.1, -0.05) is 96.8 Å². The Labute approximate surface area is 353 Å². The molecular weight excluding hydrogens is 792 g/mol. The zero-order valence-electron chi connectivity index (χ0n) is 36.8. The first-order valence-corrected chi connectivity index (χ1v) is 21.1. The minimum Gasteiger partial charge on any atom is -0.479 e. The fourth-order valence-corrected chi connectivity index (χ4v) is 5.17. The highest BCUT2D eigenvalue weighted by Gasteiger charge is 2.33. The van der Waals surface area contributed by atoms with Crippen LogP contribution in [-0.4, -0.2) is 108 Å². The highest BCUT2D eigenvalue weighted by Crippen LogP contribution is 2.15. The van der Waals surface area contributed by atoms with Crippen molar-refractivity contribution in [3.63, 3.8) is 0 Å². The summed E-state index contributed by atoms with van der Waals surface area (Å²) in [5.74, 6) is -10.1. The van der Waals surface area contributed by atoms with Crippen LogP contribution in [-0.2, 0) is 81.0 Å². The molecule has 1 N–H and O–H groups in total. The first-order chi connectivity index (χ1) is 28.2. The van der Waals surface area contributed by atoms with Crippen molar-refractivity contribution in [3.8, 4) is 0 Å². The number of ether oxygens (including phenoxy) is 8. The molecule has 0 rings (SSSR count). The third-order valence-electron chi connectivity index (χ3n) is 9.01. The fraction of sp³-hybridized carbons (Fsp3) is 0.786. The van der Waals surface area contributed by atoms with Crippen molar-refractivity contribution in [2.45, 2.75) is 214 Å². The summed E-state index contributed by atoms with van der Waals surface area (Å²) in [4.78, 5) is 110. The van der Waals surface area contributed by atoms with E-state index in [9.17, 15) is 43.2 Å². The van der Waals surface area contributed by atoms with Gasteiger partial charge >= 0.3 is 53.7 Å². The van der Waals surface area contributed by atoms with Crippen LogP contribution < -0.4 is 0 Å². The molecule has 0 aliphatic heterocycles. The zero-order valence-corrected chi connectivity index (χ0v) is 36.8. The number of rotatable bonds is 32. The lowest BCUT2D eigenvalue weighted by Gasteiger charge is -2.21. The van der Waals surface area contributed by atoms with Crippen molar-refractivity contribution in [1.29, 1.82) is 0 Å². The summed E-state index contributed by atoms with van der Waals surface area (Å²) in [5, 5.41) is 8.82. The fourth-order valence-electron chi connectivity index (χ4n) is 5.17. The number of carboxylic acids is 1. The molecule has 0 heterocycles. The molecule has 0 aliphatic rings. The maximum absolute atomic E-state index is 12.5. The average molecular weight is 861 g/mol. The normalized spacial score (nSPS) is 14.9. The molecule has 8 atom stereocenters. The molecule has 0 aromatic carbocycles. The number of esters is 8. The summed E-state index contributed by atoms with van der Waals surface area (Å²) in [6, 6.07) is 0. The summed E-state index contributed by atoms with van der Waals surface area (Å²) >= 11 is 0. The maximum atomic E-state index is 12.5. The number of aliphatic carboxylic acids is 1. The average Bonchev–Trinajstić information content (AvgIpc) is 3.18. The van der Waals surface area contributed by atoms with Gasteiger partial charge in [0.25, 0.3) is 0 Å². The first kappa shape index (κ1) is 55.2. The van der Waals surface area contributed by atoms with Crippen molar-refractivity contribution in [3.05, 3.63) is 0 Å². The van der Waals surface area contributed by atoms with Crippen LogP contribution in [0, 0.1) is 0 Å². The van der Waals surface area contributed by atoms with E-state index in [-0.39, 0.29) is 6.42 Å². The van der Waals surface area contributed by atoms with Gasteiger partial charge in [-0.15, -0.1) is 0 Å². The predicted octanol–water partition coefficient (Wildman–Crippen LogP) is 5.79. The highest BCUT2D eigenvalue weighted by molar-refractivity contribution is 5.88. The second-order valence-corrected chi connectivity index (χ2v) is 14.7. The van der Waals surface area contributed by atoms with E-state index < -0.39 is 103 Å². The van der Waals surface area contributed by atoms with Gasteiger partial charge in [-0.25, -0.2) is 38.4 Å². The van der Waals surface area contributed by atoms with Crippen molar-refractivity contribution in [2.24, 2.45) is 0 Å². The SMILES string of the molecule is CCCCCCCCCCCCCCCCCC(=O)O[C@@H](C)C(=O)O[C@@H](C)C(=O)O[C@@H](C)C(=O)O[C@@H](C)C(=O)O[C@@H](C)C(=O)O[C@@H](C)C(=O)O[C@@H](C)C(=O)O[C@@H](C)C(=O)O. The number of unbranched alkanes of at least 4 members (excludes halogenated alkanes) is 14. The molecule has 18 nitrogen and oxygen atoms in total. The predicted molar refractivity (Wildman–Crippen MR) is 212 cm³/mol. The lowest BCUT2D eigenvalue weighted by molar-refractivity contribution is -0.189. The van der Waals surface area contributed by atoms with Crippen LogP contribution in [0.25, 0.3) is 0 Å². The molecule has 0 saturated carbocycles. The Morgan fingerprint density at radius 2 is 0.517 bits per heavy atom. The van der Waals surface area contributed by atoms with Crippen molar-refractivity contribution < 1.29 is 86.2 Å². The molecule has 0 unspecified atom stereocenters. The molecule has 0 amide bonds. The molecule has 0 bridgehead atoms. The minimum absolute atomic E-state index is 0.136. The number of carboxylic acid groups (broad SMARTS) is 1. The number of carbonyl (C=O) groups excluding carboxylic acids is 8. The number of carbonyl (C=O) groups is 9. The molecule has 0 aromatic heterocycles. The van der Waals surface area contributed by atoms with Gasteiger partial charge in [-0.2, -0.15) is 0 Å². The van der Waals surface area contributed by atoms with Crippen LogP contribution in [0.15, 0.2) is 0 Å². The van der Waals surface area contributed by atoms with E-state index in [1.54, 1.807) is 0 Å². The Hall–Kier alpha value is -4.77. The van der Waals surface area contributed by atoms with E-state index in [2.05, 4.69) is 11.7 Å². The summed E-state index contributed by atoms with van der Waals surface area (Å²) in [5.41, 5.74) is 0. The van der Waals surface area contributed by atoms with Gasteiger partial charge in [0, 0.05) is 6.42 Å². The van der Waals surface area contributed by atoms with Crippen LogP contribution >= 0.6 is 0 Å². The van der Waals surface area contributed by atoms with E-state index in [1.807, 2.05) is 0 Å². The van der Waals surface area contributed by atoms with Crippen LogP contribution in [0.3, 0.4) is 0 Å². The Balaban J connectivity index is 4.45. The lowest BCUT2D eigenvalue weighted by Crippen LogP contribution is -2.39. The van der Waals surface area contributed by atoms with Crippen LogP contribution in [0.2, 0.25) is 0 Å². The summed E-state index contributed by atoms with van der Waals surface area (Å²) in [6.45, 7) is 11.3.